The van der Waals surface area contributed by atoms with E-state index in [0.29, 0.717) is 12.1 Å². The van der Waals surface area contributed by atoms with Crippen LogP contribution in [0.25, 0.3) is 10.9 Å². The summed E-state index contributed by atoms with van der Waals surface area (Å²) in [6.45, 7) is 2.66. The third kappa shape index (κ3) is 3.14. The van der Waals surface area contributed by atoms with Gasteiger partial charge in [-0.2, -0.15) is 5.10 Å². The standard InChI is InChI=1S/C14H18N4O2/c1-3-6-15-13(19)9-18(2)14(20)10-4-5-11-8-16-17-12(11)7-10/h4-5,7-8H,3,6,9H2,1-2H3,(H,15,19)(H,16,17). The Kier molecular flexibility index (Phi) is 4.34. The van der Waals surface area contributed by atoms with E-state index in [0.717, 1.165) is 17.3 Å². The second-order valence-electron chi connectivity index (χ2n) is 4.68. The number of hydrogen-bond acceptors (Lipinski definition) is 3. The summed E-state index contributed by atoms with van der Waals surface area (Å²) in [6.07, 6.45) is 2.57. The Morgan fingerprint density at radius 3 is 2.95 bits per heavy atom. The molecular formula is C14H18N4O2. The third-order valence-corrected chi connectivity index (χ3v) is 2.99. The van der Waals surface area contributed by atoms with Crippen molar-refractivity contribution in [2.45, 2.75) is 13.3 Å². The van der Waals surface area contributed by atoms with Crippen LogP contribution in [0.5, 0.6) is 0 Å². The smallest absolute Gasteiger partial charge is 0.254 e. The molecule has 0 saturated heterocycles. The number of carbonyl (C=O) groups is 2. The number of aromatic amines is 1. The van der Waals surface area contributed by atoms with Crippen LogP contribution >= 0.6 is 0 Å². The Hall–Kier alpha value is -2.37. The van der Waals surface area contributed by atoms with Crippen molar-refractivity contribution in [2.75, 3.05) is 20.1 Å². The predicted molar refractivity (Wildman–Crippen MR) is 76.4 cm³/mol. The highest BCUT2D eigenvalue weighted by atomic mass is 16.2. The van der Waals surface area contributed by atoms with Crippen molar-refractivity contribution in [3.8, 4) is 0 Å². The van der Waals surface area contributed by atoms with E-state index >= 15 is 0 Å². The van der Waals surface area contributed by atoms with Crippen LogP contribution in [0.4, 0.5) is 0 Å². The highest BCUT2D eigenvalue weighted by Crippen LogP contribution is 2.13. The molecule has 6 nitrogen and oxygen atoms in total. The largest absolute Gasteiger partial charge is 0.355 e. The van der Waals surface area contributed by atoms with Gasteiger partial charge in [-0.05, 0) is 18.6 Å². The molecule has 0 atom stereocenters. The van der Waals surface area contributed by atoms with Crippen LogP contribution in [0, 0.1) is 0 Å². The SMILES string of the molecule is CCCNC(=O)CN(C)C(=O)c1ccc2cn[nH]c2c1. The van der Waals surface area contributed by atoms with Gasteiger partial charge < -0.3 is 10.2 Å². The molecule has 0 fully saturated rings. The molecule has 0 radical (unpaired) electrons. The van der Waals surface area contributed by atoms with Gasteiger partial charge in [0.05, 0.1) is 18.3 Å². The summed E-state index contributed by atoms with van der Waals surface area (Å²) >= 11 is 0. The molecule has 2 N–H and O–H groups in total. The molecule has 1 aromatic heterocycles. The Balaban J connectivity index is 2.04. The van der Waals surface area contributed by atoms with E-state index in [4.69, 9.17) is 0 Å². The molecule has 0 aliphatic heterocycles. The van der Waals surface area contributed by atoms with Crippen molar-refractivity contribution in [1.82, 2.24) is 20.4 Å². The molecule has 2 rings (SSSR count). The highest BCUT2D eigenvalue weighted by molar-refractivity contribution is 5.99. The minimum absolute atomic E-state index is 0.0554. The molecule has 0 aliphatic carbocycles. The van der Waals surface area contributed by atoms with Crippen molar-refractivity contribution >= 4 is 22.7 Å². The van der Waals surface area contributed by atoms with Crippen molar-refractivity contribution in [3.63, 3.8) is 0 Å². The lowest BCUT2D eigenvalue weighted by molar-refractivity contribution is -0.121. The fourth-order valence-corrected chi connectivity index (χ4v) is 1.90. The first-order chi connectivity index (χ1) is 9.61. The first kappa shape index (κ1) is 14.0. The number of amides is 2. The molecule has 0 unspecified atom stereocenters. The maximum atomic E-state index is 12.2. The predicted octanol–water partition coefficient (Wildman–Crippen LogP) is 1.16. The van der Waals surface area contributed by atoms with Crippen LogP contribution in [0.2, 0.25) is 0 Å². The average Bonchev–Trinajstić information content (AvgIpc) is 2.91. The summed E-state index contributed by atoms with van der Waals surface area (Å²) in [5.74, 6) is -0.335. The van der Waals surface area contributed by atoms with Crippen LogP contribution in [0.1, 0.15) is 23.7 Å². The van der Waals surface area contributed by atoms with Gasteiger partial charge in [0.25, 0.3) is 5.91 Å². The number of nitrogens with one attached hydrogen (secondary N) is 2. The summed E-state index contributed by atoms with van der Waals surface area (Å²) in [7, 11) is 1.62. The molecule has 2 aromatic rings. The molecule has 0 spiro atoms. The monoisotopic (exact) mass is 274 g/mol. The number of carbonyl (C=O) groups excluding carboxylic acids is 2. The second kappa shape index (κ2) is 6.18. The quantitative estimate of drug-likeness (QED) is 0.859. The third-order valence-electron chi connectivity index (χ3n) is 2.99. The molecule has 2 amide bonds. The van der Waals surface area contributed by atoms with Gasteiger partial charge in [0.15, 0.2) is 0 Å². The van der Waals surface area contributed by atoms with E-state index in [1.54, 1.807) is 25.4 Å². The zero-order chi connectivity index (χ0) is 14.5. The fourth-order valence-electron chi connectivity index (χ4n) is 1.90. The molecule has 0 saturated carbocycles. The molecule has 1 aromatic carbocycles. The number of H-pyrrole nitrogens is 1. The van der Waals surface area contributed by atoms with Gasteiger partial charge in [-0.3, -0.25) is 14.7 Å². The lowest BCUT2D eigenvalue weighted by atomic mass is 10.1. The molecular weight excluding hydrogens is 256 g/mol. The second-order valence-corrected chi connectivity index (χ2v) is 4.68. The summed E-state index contributed by atoms with van der Waals surface area (Å²) < 4.78 is 0. The van der Waals surface area contributed by atoms with E-state index in [-0.39, 0.29) is 18.4 Å². The van der Waals surface area contributed by atoms with E-state index in [1.807, 2.05) is 13.0 Å². The summed E-state index contributed by atoms with van der Waals surface area (Å²) in [4.78, 5) is 25.2. The molecule has 6 heteroatoms. The van der Waals surface area contributed by atoms with E-state index < -0.39 is 0 Å². The van der Waals surface area contributed by atoms with Crippen molar-refractivity contribution in [3.05, 3.63) is 30.0 Å². The minimum Gasteiger partial charge on any atom is -0.355 e. The van der Waals surface area contributed by atoms with Gasteiger partial charge in [0.2, 0.25) is 5.91 Å². The number of likely N-dealkylation sites (N-methyl/N-ethyl adjacent to an activating group) is 1. The average molecular weight is 274 g/mol. The number of aromatic nitrogens is 2. The highest BCUT2D eigenvalue weighted by Gasteiger charge is 2.15. The molecule has 0 bridgehead atoms. The molecule has 106 valence electrons. The summed E-state index contributed by atoms with van der Waals surface area (Å²) in [5, 5.41) is 10.4. The number of nitrogens with zero attached hydrogens (tertiary/aromatic N) is 2. The molecule has 0 aliphatic rings. The van der Waals surface area contributed by atoms with Crippen LogP contribution in [-0.2, 0) is 4.79 Å². The maximum absolute atomic E-state index is 12.2. The Morgan fingerprint density at radius 1 is 1.40 bits per heavy atom. The van der Waals surface area contributed by atoms with Crippen molar-refractivity contribution in [1.29, 1.82) is 0 Å². The minimum atomic E-state index is -0.187. The topological polar surface area (TPSA) is 78.1 Å². The van der Waals surface area contributed by atoms with Crippen molar-refractivity contribution in [2.24, 2.45) is 0 Å². The van der Waals surface area contributed by atoms with Gasteiger partial charge in [0, 0.05) is 24.5 Å². The van der Waals surface area contributed by atoms with E-state index in [1.165, 1.54) is 4.90 Å². The van der Waals surface area contributed by atoms with Gasteiger partial charge >= 0.3 is 0 Å². The van der Waals surface area contributed by atoms with Gasteiger partial charge in [-0.15, -0.1) is 0 Å². The Bertz CT molecular complexity index is 620. The Labute approximate surface area is 117 Å². The van der Waals surface area contributed by atoms with Crippen LogP contribution < -0.4 is 5.32 Å². The van der Waals surface area contributed by atoms with E-state index in [9.17, 15) is 9.59 Å². The molecule has 1 heterocycles. The summed E-state index contributed by atoms with van der Waals surface area (Å²) in [6, 6.07) is 5.31. The fraction of sp³-hybridized carbons (Fsp3) is 0.357. The zero-order valence-corrected chi connectivity index (χ0v) is 11.6. The lowest BCUT2D eigenvalue weighted by Gasteiger charge is -2.16. The zero-order valence-electron chi connectivity index (χ0n) is 11.6. The maximum Gasteiger partial charge on any atom is 0.254 e. The number of benzene rings is 1. The van der Waals surface area contributed by atoms with Crippen LogP contribution in [0.3, 0.4) is 0 Å². The Morgan fingerprint density at radius 2 is 2.20 bits per heavy atom. The normalized spacial score (nSPS) is 10.5. The van der Waals surface area contributed by atoms with E-state index in [2.05, 4.69) is 15.5 Å². The van der Waals surface area contributed by atoms with Crippen molar-refractivity contribution < 1.29 is 9.59 Å². The number of hydrogen-bond donors (Lipinski definition) is 2. The first-order valence-corrected chi connectivity index (χ1v) is 6.57. The molecule has 20 heavy (non-hydrogen) atoms. The lowest BCUT2D eigenvalue weighted by Crippen LogP contribution is -2.38. The van der Waals surface area contributed by atoms with Gasteiger partial charge in [-0.1, -0.05) is 13.0 Å². The van der Waals surface area contributed by atoms with Crippen LogP contribution in [-0.4, -0.2) is 47.0 Å². The van der Waals surface area contributed by atoms with Crippen LogP contribution in [0.15, 0.2) is 24.4 Å². The number of fused-ring (bicyclic) bond motifs is 1. The summed E-state index contributed by atoms with van der Waals surface area (Å²) in [5.41, 5.74) is 1.34. The first-order valence-electron chi connectivity index (χ1n) is 6.57. The van der Waals surface area contributed by atoms with Gasteiger partial charge in [0.1, 0.15) is 0 Å². The number of rotatable bonds is 5. The van der Waals surface area contributed by atoms with Gasteiger partial charge in [-0.25, -0.2) is 0 Å².